The van der Waals surface area contributed by atoms with E-state index >= 15 is 0 Å². The molecule has 7 heteroatoms. The number of amides is 1. The Bertz CT molecular complexity index is 994. The minimum Gasteiger partial charge on any atom is -0.457 e. The number of ether oxygens (including phenoxy) is 1. The highest BCUT2D eigenvalue weighted by Crippen LogP contribution is 2.21. The zero-order valence-corrected chi connectivity index (χ0v) is 17.6. The van der Waals surface area contributed by atoms with Crippen molar-refractivity contribution in [3.05, 3.63) is 70.0 Å². The molecule has 31 heavy (non-hydrogen) atoms. The maximum atomic E-state index is 12.8. The molecule has 1 N–H and O–H groups in total. The molecule has 1 saturated heterocycles. The number of hydrogen-bond acceptors (Lipinski definition) is 5. The van der Waals surface area contributed by atoms with E-state index in [0.717, 1.165) is 55.7 Å². The standard InChI is InChI=1S/C14H16N2O3.C10H10FN/c17-13(16-5-3-15-4-6-16)8-10-1-2-12-11(7-10)9-19-14(12)18;1-2-3-8-4-5-10(11)9(6-8)7-12/h1-2,7,15H,3-6,8-9H2;4-6H,2-3H2,1H3. The topological polar surface area (TPSA) is 82.4 Å². The fourth-order valence-corrected chi connectivity index (χ4v) is 3.60. The number of piperazine rings is 1. The van der Waals surface area contributed by atoms with Gasteiger partial charge in [0.25, 0.3) is 0 Å². The smallest absolute Gasteiger partial charge is 0.338 e. The molecule has 2 aliphatic rings. The summed E-state index contributed by atoms with van der Waals surface area (Å²) >= 11 is 0. The minimum atomic E-state index is -0.433. The van der Waals surface area contributed by atoms with Gasteiger partial charge in [0.2, 0.25) is 5.91 Å². The van der Waals surface area contributed by atoms with Crippen LogP contribution in [0.4, 0.5) is 4.39 Å². The minimum absolute atomic E-state index is 0.140. The SMILES string of the molecule is CCCc1ccc(F)c(C#N)c1.O=C1OCc2cc(CC(=O)N3CCNCC3)ccc21. The normalized spacial score (nSPS) is 14.7. The van der Waals surface area contributed by atoms with Gasteiger partial charge in [0.05, 0.1) is 17.5 Å². The highest BCUT2D eigenvalue weighted by Gasteiger charge is 2.22. The van der Waals surface area contributed by atoms with Crippen molar-refractivity contribution in [2.24, 2.45) is 0 Å². The Balaban J connectivity index is 0.000000196. The number of rotatable bonds is 4. The number of benzene rings is 2. The number of aryl methyl sites for hydroxylation is 1. The highest BCUT2D eigenvalue weighted by atomic mass is 19.1. The number of nitrogens with one attached hydrogen (secondary N) is 1. The summed E-state index contributed by atoms with van der Waals surface area (Å²) in [5.74, 6) is -0.556. The Morgan fingerprint density at radius 2 is 1.94 bits per heavy atom. The van der Waals surface area contributed by atoms with E-state index in [9.17, 15) is 14.0 Å². The lowest BCUT2D eigenvalue weighted by Crippen LogP contribution is -2.46. The van der Waals surface area contributed by atoms with Crippen LogP contribution in [-0.4, -0.2) is 43.0 Å². The number of nitriles is 1. The quantitative estimate of drug-likeness (QED) is 0.765. The van der Waals surface area contributed by atoms with Crippen LogP contribution in [0, 0.1) is 17.1 Å². The Labute approximate surface area is 181 Å². The molecule has 0 aromatic heterocycles. The van der Waals surface area contributed by atoms with E-state index < -0.39 is 5.82 Å². The average molecular weight is 423 g/mol. The number of cyclic esters (lactones) is 1. The molecule has 6 nitrogen and oxygen atoms in total. The lowest BCUT2D eigenvalue weighted by atomic mass is 10.0. The summed E-state index contributed by atoms with van der Waals surface area (Å²) in [4.78, 5) is 25.4. The van der Waals surface area contributed by atoms with Gasteiger partial charge in [-0.3, -0.25) is 4.79 Å². The molecule has 0 aliphatic carbocycles. The van der Waals surface area contributed by atoms with Crippen LogP contribution in [0.25, 0.3) is 0 Å². The third-order valence-electron chi connectivity index (χ3n) is 5.26. The molecular formula is C24H26FN3O3. The van der Waals surface area contributed by atoms with Crippen LogP contribution in [0.15, 0.2) is 36.4 Å². The number of carbonyl (C=O) groups is 2. The molecule has 4 rings (SSSR count). The van der Waals surface area contributed by atoms with Gasteiger partial charge in [-0.15, -0.1) is 0 Å². The van der Waals surface area contributed by atoms with Crippen LogP contribution in [0.3, 0.4) is 0 Å². The molecule has 1 amide bonds. The predicted molar refractivity (Wildman–Crippen MR) is 114 cm³/mol. The number of esters is 1. The molecule has 2 heterocycles. The van der Waals surface area contributed by atoms with Crippen LogP contribution in [0.1, 0.15) is 46.0 Å². The van der Waals surface area contributed by atoms with E-state index in [1.165, 1.54) is 6.07 Å². The summed E-state index contributed by atoms with van der Waals surface area (Å²) in [6, 6.07) is 12.0. The maximum Gasteiger partial charge on any atom is 0.338 e. The Morgan fingerprint density at radius 3 is 2.65 bits per heavy atom. The van der Waals surface area contributed by atoms with Crippen molar-refractivity contribution >= 4 is 11.9 Å². The van der Waals surface area contributed by atoms with Crippen molar-refractivity contribution in [3.8, 4) is 6.07 Å². The molecular weight excluding hydrogens is 397 g/mol. The molecule has 162 valence electrons. The number of nitrogens with zero attached hydrogens (tertiary/aromatic N) is 2. The molecule has 0 radical (unpaired) electrons. The Kier molecular flexibility index (Phi) is 7.74. The van der Waals surface area contributed by atoms with Gasteiger partial charge in [0.1, 0.15) is 18.5 Å². The van der Waals surface area contributed by atoms with E-state index in [2.05, 4.69) is 12.2 Å². The first-order valence-electron chi connectivity index (χ1n) is 10.5. The molecule has 2 aromatic carbocycles. The van der Waals surface area contributed by atoms with Crippen LogP contribution in [-0.2, 0) is 29.0 Å². The monoisotopic (exact) mass is 423 g/mol. The van der Waals surface area contributed by atoms with Crippen LogP contribution < -0.4 is 5.32 Å². The lowest BCUT2D eigenvalue weighted by molar-refractivity contribution is -0.131. The first-order chi connectivity index (χ1) is 15.0. The molecule has 2 aliphatic heterocycles. The average Bonchev–Trinajstić information content (AvgIpc) is 3.16. The van der Waals surface area contributed by atoms with E-state index in [0.29, 0.717) is 18.6 Å². The molecule has 0 saturated carbocycles. The molecule has 2 aromatic rings. The second-order valence-corrected chi connectivity index (χ2v) is 7.55. The summed E-state index contributed by atoms with van der Waals surface area (Å²) in [5.41, 5.74) is 3.62. The van der Waals surface area contributed by atoms with E-state index in [-0.39, 0.29) is 17.4 Å². The molecule has 0 unspecified atom stereocenters. The first kappa shape index (κ1) is 22.4. The summed E-state index contributed by atoms with van der Waals surface area (Å²) in [6.07, 6.45) is 2.30. The van der Waals surface area contributed by atoms with Crippen LogP contribution >= 0.6 is 0 Å². The van der Waals surface area contributed by atoms with Gasteiger partial charge >= 0.3 is 5.97 Å². The number of halogens is 1. The highest BCUT2D eigenvalue weighted by molar-refractivity contribution is 5.93. The van der Waals surface area contributed by atoms with E-state index in [1.54, 1.807) is 18.2 Å². The maximum absolute atomic E-state index is 12.8. The van der Waals surface area contributed by atoms with Crippen molar-refractivity contribution in [1.29, 1.82) is 5.26 Å². The fourth-order valence-electron chi connectivity index (χ4n) is 3.60. The van der Waals surface area contributed by atoms with Crippen molar-refractivity contribution in [2.45, 2.75) is 32.8 Å². The molecule has 1 fully saturated rings. The lowest BCUT2D eigenvalue weighted by Gasteiger charge is -2.27. The Hall–Kier alpha value is -3.24. The van der Waals surface area contributed by atoms with Crippen LogP contribution in [0.5, 0.6) is 0 Å². The van der Waals surface area contributed by atoms with Gasteiger partial charge in [-0.05, 0) is 35.7 Å². The van der Waals surface area contributed by atoms with Gasteiger partial charge in [0, 0.05) is 31.7 Å². The van der Waals surface area contributed by atoms with Gasteiger partial charge in [-0.25, -0.2) is 9.18 Å². The van der Waals surface area contributed by atoms with Gasteiger partial charge in [-0.1, -0.05) is 31.5 Å². The summed E-state index contributed by atoms with van der Waals surface area (Å²) in [6.45, 7) is 5.63. The summed E-state index contributed by atoms with van der Waals surface area (Å²) < 4.78 is 17.7. The van der Waals surface area contributed by atoms with Crippen molar-refractivity contribution in [2.75, 3.05) is 26.2 Å². The van der Waals surface area contributed by atoms with Gasteiger partial charge in [0.15, 0.2) is 0 Å². The predicted octanol–water partition coefficient (Wildman–Crippen LogP) is 2.98. The second kappa shape index (κ2) is 10.7. The summed E-state index contributed by atoms with van der Waals surface area (Å²) in [7, 11) is 0. The number of carbonyl (C=O) groups excluding carboxylic acids is 2. The number of fused-ring (bicyclic) bond motifs is 1. The van der Waals surface area contributed by atoms with Crippen molar-refractivity contribution < 1.29 is 18.7 Å². The second-order valence-electron chi connectivity index (χ2n) is 7.55. The first-order valence-corrected chi connectivity index (χ1v) is 10.5. The molecule has 0 atom stereocenters. The van der Waals surface area contributed by atoms with Crippen molar-refractivity contribution in [3.63, 3.8) is 0 Å². The van der Waals surface area contributed by atoms with Gasteiger partial charge in [-0.2, -0.15) is 5.26 Å². The summed E-state index contributed by atoms with van der Waals surface area (Å²) in [5, 5.41) is 11.7. The van der Waals surface area contributed by atoms with E-state index in [1.807, 2.05) is 23.1 Å². The fraction of sp³-hybridized carbons (Fsp3) is 0.375. The van der Waals surface area contributed by atoms with E-state index in [4.69, 9.17) is 10.00 Å². The van der Waals surface area contributed by atoms with Crippen molar-refractivity contribution in [1.82, 2.24) is 10.2 Å². The zero-order valence-electron chi connectivity index (χ0n) is 17.6. The molecule has 0 spiro atoms. The zero-order chi connectivity index (χ0) is 22.2. The third-order valence-corrected chi connectivity index (χ3v) is 5.26. The third kappa shape index (κ3) is 5.89. The van der Waals surface area contributed by atoms with Crippen LogP contribution in [0.2, 0.25) is 0 Å². The molecule has 0 bridgehead atoms. The van der Waals surface area contributed by atoms with Gasteiger partial charge < -0.3 is 15.0 Å². The number of hydrogen-bond donors (Lipinski definition) is 1. The largest absolute Gasteiger partial charge is 0.457 e. The Morgan fingerprint density at radius 1 is 1.19 bits per heavy atom.